The molecule has 1 amide bonds. The zero-order valence-electron chi connectivity index (χ0n) is 9.65. The van der Waals surface area contributed by atoms with Crippen LogP contribution in [0.5, 0.6) is 0 Å². The van der Waals surface area contributed by atoms with Gasteiger partial charge in [-0.2, -0.15) is 5.12 Å². The number of carboxylic acids is 1. The van der Waals surface area contributed by atoms with Gasteiger partial charge >= 0.3 is 5.97 Å². The summed E-state index contributed by atoms with van der Waals surface area (Å²) in [5.74, 6) is -2.32. The van der Waals surface area contributed by atoms with Crippen molar-refractivity contribution in [3.63, 3.8) is 0 Å². The summed E-state index contributed by atoms with van der Waals surface area (Å²) in [6.45, 7) is 3.42. The highest BCUT2D eigenvalue weighted by atomic mass is 19.2. The van der Waals surface area contributed by atoms with Gasteiger partial charge in [-0.25, -0.2) is 4.79 Å². The van der Waals surface area contributed by atoms with Crippen LogP contribution in [0.1, 0.15) is 39.5 Å². The molecular weight excluding hydrogens is 215 g/mol. The van der Waals surface area contributed by atoms with E-state index in [1.165, 1.54) is 6.92 Å². The summed E-state index contributed by atoms with van der Waals surface area (Å²) < 4.78 is 13.4. The highest BCUT2D eigenvalue weighted by molar-refractivity contribution is 5.85. The number of amides is 1. The Morgan fingerprint density at radius 3 is 2.38 bits per heavy atom. The Bertz CT molecular complexity index is 248. The van der Waals surface area contributed by atoms with E-state index in [-0.39, 0.29) is 11.5 Å². The van der Waals surface area contributed by atoms with Crippen molar-refractivity contribution in [2.45, 2.75) is 51.6 Å². The first-order valence-corrected chi connectivity index (χ1v) is 5.42. The average Bonchev–Trinajstić information content (AvgIpc) is 2.24. The average molecular weight is 234 g/mol. The molecule has 3 N–H and O–H groups in total. The van der Waals surface area contributed by atoms with E-state index in [9.17, 15) is 14.1 Å². The van der Waals surface area contributed by atoms with Crippen molar-refractivity contribution in [3.8, 4) is 0 Å². The molecule has 0 heterocycles. The fraction of sp³-hybridized carbons (Fsp3) is 0.800. The largest absolute Gasteiger partial charge is 0.480 e. The molecule has 0 rings (SSSR count). The van der Waals surface area contributed by atoms with Crippen LogP contribution in [0, 0.1) is 0 Å². The maximum atomic E-state index is 13.4. The molecule has 0 unspecified atom stereocenters. The molecule has 0 saturated carbocycles. The number of unbranched alkanes of at least 4 members (excludes halogenated alkanes) is 1. The van der Waals surface area contributed by atoms with Crippen LogP contribution in [0.2, 0.25) is 0 Å². The number of rotatable bonds is 7. The molecule has 0 fully saturated rings. The molecule has 6 heteroatoms. The van der Waals surface area contributed by atoms with E-state index in [1.54, 1.807) is 0 Å². The molecule has 0 aliphatic rings. The zero-order valence-corrected chi connectivity index (χ0v) is 9.65. The second-order valence-corrected chi connectivity index (χ2v) is 3.66. The molecule has 0 radical (unpaired) electrons. The number of halogens is 1. The second kappa shape index (κ2) is 7.16. The molecule has 16 heavy (non-hydrogen) atoms. The van der Waals surface area contributed by atoms with Gasteiger partial charge in [0.05, 0.1) is 6.04 Å². The van der Waals surface area contributed by atoms with Crippen molar-refractivity contribution < 1.29 is 19.2 Å². The van der Waals surface area contributed by atoms with Crippen LogP contribution in [-0.4, -0.2) is 34.2 Å². The van der Waals surface area contributed by atoms with Gasteiger partial charge in [0, 0.05) is 0 Å². The van der Waals surface area contributed by atoms with Gasteiger partial charge in [-0.15, -0.1) is 0 Å². The minimum absolute atomic E-state index is 0.0120. The Hall–Kier alpha value is -1.17. The molecule has 0 bridgehead atoms. The first-order chi connectivity index (χ1) is 7.45. The lowest BCUT2D eigenvalue weighted by atomic mass is 10.1. The topological polar surface area (TPSA) is 83.6 Å². The maximum absolute atomic E-state index is 13.4. The normalized spacial score (nSPS) is 14.2. The number of carbonyl (C=O) groups is 2. The summed E-state index contributed by atoms with van der Waals surface area (Å²) in [5.41, 5.74) is 5.47. The molecule has 94 valence electrons. The highest BCUT2D eigenvalue weighted by Gasteiger charge is 2.31. The molecular formula is C10H19FN2O3. The lowest BCUT2D eigenvalue weighted by Gasteiger charge is -2.21. The Labute approximate surface area is 94.3 Å². The molecule has 0 saturated heterocycles. The lowest BCUT2D eigenvalue weighted by molar-refractivity contribution is -0.167. The molecule has 2 atom stereocenters. The van der Waals surface area contributed by atoms with E-state index in [4.69, 9.17) is 10.8 Å². The fourth-order valence-electron chi connectivity index (χ4n) is 1.29. The zero-order chi connectivity index (χ0) is 12.7. The second-order valence-electron chi connectivity index (χ2n) is 3.66. The number of nitrogens with zero attached hydrogens (tertiary/aromatic N) is 1. The number of hydrogen-bond acceptors (Lipinski definition) is 3. The smallest absolute Gasteiger partial charge is 0.329 e. The Balaban J connectivity index is 4.40. The van der Waals surface area contributed by atoms with E-state index >= 15 is 0 Å². The molecule has 0 aromatic rings. The first-order valence-electron chi connectivity index (χ1n) is 5.42. The third kappa shape index (κ3) is 4.14. The van der Waals surface area contributed by atoms with Crippen LogP contribution < -0.4 is 5.73 Å². The fourth-order valence-corrected chi connectivity index (χ4v) is 1.29. The van der Waals surface area contributed by atoms with Crippen molar-refractivity contribution in [1.82, 2.24) is 5.12 Å². The van der Waals surface area contributed by atoms with Gasteiger partial charge < -0.3 is 10.8 Å². The van der Waals surface area contributed by atoms with Gasteiger partial charge in [0.15, 0.2) is 6.04 Å². The number of carboxylic acid groups (broad SMARTS) is 1. The Morgan fingerprint density at radius 2 is 2.00 bits per heavy atom. The monoisotopic (exact) mass is 234 g/mol. The van der Waals surface area contributed by atoms with E-state index in [1.807, 2.05) is 6.92 Å². The van der Waals surface area contributed by atoms with Gasteiger partial charge in [-0.1, -0.05) is 31.2 Å². The van der Waals surface area contributed by atoms with Gasteiger partial charge in [-0.3, -0.25) is 4.79 Å². The van der Waals surface area contributed by atoms with Gasteiger partial charge in [-0.05, 0) is 12.8 Å². The van der Waals surface area contributed by atoms with Gasteiger partial charge in [0.25, 0.3) is 5.91 Å². The summed E-state index contributed by atoms with van der Waals surface area (Å²) >= 11 is 0. The predicted molar refractivity (Wildman–Crippen MR) is 57.2 cm³/mol. The number of aliphatic carboxylic acids is 1. The summed E-state index contributed by atoms with van der Waals surface area (Å²) in [4.78, 5) is 22.1. The van der Waals surface area contributed by atoms with Crippen LogP contribution in [0.3, 0.4) is 0 Å². The first kappa shape index (κ1) is 14.8. The minimum Gasteiger partial charge on any atom is -0.480 e. The third-order valence-electron chi connectivity index (χ3n) is 2.34. The summed E-state index contributed by atoms with van der Waals surface area (Å²) in [6.07, 6.45) is 1.94. The van der Waals surface area contributed by atoms with Crippen LogP contribution in [0.4, 0.5) is 4.48 Å². The quantitative estimate of drug-likeness (QED) is 0.646. The number of nitrogens with two attached hydrogens (primary N) is 1. The van der Waals surface area contributed by atoms with E-state index in [0.717, 1.165) is 6.42 Å². The molecule has 0 aromatic heterocycles. The van der Waals surface area contributed by atoms with Crippen molar-refractivity contribution in [3.05, 3.63) is 0 Å². The van der Waals surface area contributed by atoms with Crippen LogP contribution in [0.15, 0.2) is 0 Å². The Kier molecular flexibility index (Phi) is 6.64. The summed E-state index contributed by atoms with van der Waals surface area (Å²) in [5, 5.41) is 8.41. The lowest BCUT2D eigenvalue weighted by Crippen LogP contribution is -2.47. The summed E-state index contributed by atoms with van der Waals surface area (Å²) in [7, 11) is 0. The molecule has 0 aliphatic heterocycles. The van der Waals surface area contributed by atoms with Gasteiger partial charge in [0.1, 0.15) is 0 Å². The van der Waals surface area contributed by atoms with E-state index in [0.29, 0.717) is 12.8 Å². The Morgan fingerprint density at radius 1 is 1.44 bits per heavy atom. The van der Waals surface area contributed by atoms with E-state index < -0.39 is 24.0 Å². The number of hydrogen-bond donors (Lipinski definition) is 2. The molecule has 0 aromatic carbocycles. The molecule has 0 spiro atoms. The van der Waals surface area contributed by atoms with Crippen molar-refractivity contribution in [2.24, 2.45) is 5.73 Å². The predicted octanol–water partition coefficient (Wildman–Crippen LogP) is 1.08. The van der Waals surface area contributed by atoms with Crippen LogP contribution in [-0.2, 0) is 9.59 Å². The third-order valence-corrected chi connectivity index (χ3v) is 2.34. The highest BCUT2D eigenvalue weighted by Crippen LogP contribution is 2.10. The minimum atomic E-state index is -1.44. The number of carbonyl (C=O) groups excluding carboxylic acids is 1. The summed E-state index contributed by atoms with van der Waals surface area (Å²) in [6, 6.07) is -2.40. The maximum Gasteiger partial charge on any atom is 0.329 e. The van der Waals surface area contributed by atoms with E-state index in [2.05, 4.69) is 0 Å². The van der Waals surface area contributed by atoms with Gasteiger partial charge in [0.2, 0.25) is 0 Å². The van der Waals surface area contributed by atoms with Crippen molar-refractivity contribution >= 4 is 11.9 Å². The standard InChI is InChI=1S/C10H19FN2O3/c1-3-5-6-7(12)9(14)13(11)8(4-2)10(15)16/h7-8H,3-6,12H2,1-2H3,(H,15,16)/t7-,8-/m0/s1. The SMILES string of the molecule is CCCC[C@H](N)C(=O)N(F)[C@@H](CC)C(=O)O. The van der Waals surface area contributed by atoms with Crippen LogP contribution >= 0.6 is 0 Å². The van der Waals surface area contributed by atoms with Crippen molar-refractivity contribution in [1.29, 1.82) is 0 Å². The molecule has 0 aliphatic carbocycles. The van der Waals surface area contributed by atoms with Crippen LogP contribution in [0.25, 0.3) is 0 Å². The molecule has 5 nitrogen and oxygen atoms in total. The van der Waals surface area contributed by atoms with Crippen molar-refractivity contribution in [2.75, 3.05) is 0 Å².